The minimum Gasteiger partial charge on any atom is -0.249 e. The Morgan fingerprint density at radius 3 is 2.33 bits per heavy atom. The third kappa shape index (κ3) is 13.4. The molecule has 88 valence electrons. The zero-order valence-electron chi connectivity index (χ0n) is 10.7. The fourth-order valence-electron chi connectivity index (χ4n) is 0.941. The van der Waals surface area contributed by atoms with Crippen molar-refractivity contribution in [3.05, 3.63) is 23.9 Å². The second-order valence-corrected chi connectivity index (χ2v) is 3.46. The fourth-order valence-corrected chi connectivity index (χ4v) is 0.997. The van der Waals surface area contributed by atoms with Gasteiger partial charge in [0.15, 0.2) is 0 Å². The van der Waals surface area contributed by atoms with E-state index in [4.69, 9.17) is 11.6 Å². The second kappa shape index (κ2) is 13.4. The monoisotopic (exact) mass is 229 g/mol. The van der Waals surface area contributed by atoms with E-state index in [0.717, 1.165) is 6.42 Å². The molecule has 0 fully saturated rings. The van der Waals surface area contributed by atoms with Gasteiger partial charge in [-0.15, -0.1) is 0 Å². The number of allylic oxidation sites excluding steroid dienone is 3. The lowest BCUT2D eigenvalue weighted by Crippen LogP contribution is -1.78. The van der Waals surface area contributed by atoms with Crippen LogP contribution in [0.4, 0.5) is 0 Å². The van der Waals surface area contributed by atoms with Crippen LogP contribution in [-0.2, 0) is 0 Å². The van der Waals surface area contributed by atoms with Crippen LogP contribution in [0.2, 0.25) is 0 Å². The average molecular weight is 230 g/mol. The van der Waals surface area contributed by atoms with Crippen LogP contribution in [-0.4, -0.2) is 5.17 Å². The molecule has 0 atom stereocenters. The molecule has 0 amide bonds. The molecule has 2 heteroatoms. The molecule has 0 rings (SSSR count). The molecule has 0 aliphatic carbocycles. The van der Waals surface area contributed by atoms with Crippen molar-refractivity contribution in [2.45, 2.75) is 53.9 Å². The summed E-state index contributed by atoms with van der Waals surface area (Å²) in [4.78, 5) is 3.98. The van der Waals surface area contributed by atoms with Gasteiger partial charge in [-0.3, -0.25) is 0 Å². The van der Waals surface area contributed by atoms with E-state index in [0.29, 0.717) is 5.17 Å². The van der Waals surface area contributed by atoms with Crippen LogP contribution >= 0.6 is 11.6 Å². The number of nitrogens with zero attached hydrogens (tertiary/aromatic N) is 1. The lowest BCUT2D eigenvalue weighted by Gasteiger charge is -1.97. The molecule has 0 saturated carbocycles. The highest BCUT2D eigenvalue weighted by atomic mass is 35.5. The summed E-state index contributed by atoms with van der Waals surface area (Å²) in [5.74, 6) is 0. The molecule has 0 saturated heterocycles. The first kappa shape index (κ1) is 16.9. The molecule has 0 aliphatic rings. The SMILES string of the molecule is C/C=C(\C=C/N=C(C)Cl)CCCC.CC. The summed E-state index contributed by atoms with van der Waals surface area (Å²) in [6.07, 6.45) is 9.47. The highest BCUT2D eigenvalue weighted by molar-refractivity contribution is 6.64. The van der Waals surface area contributed by atoms with Gasteiger partial charge < -0.3 is 0 Å². The second-order valence-electron chi connectivity index (χ2n) is 2.91. The molecule has 0 radical (unpaired) electrons. The Bertz CT molecular complexity index is 211. The van der Waals surface area contributed by atoms with Gasteiger partial charge >= 0.3 is 0 Å². The molecule has 0 N–H and O–H groups in total. The van der Waals surface area contributed by atoms with Gasteiger partial charge in [-0.05, 0) is 32.8 Å². The fraction of sp³-hybridized carbons (Fsp3) is 0.615. The van der Waals surface area contributed by atoms with E-state index in [2.05, 4.69) is 18.0 Å². The smallest absolute Gasteiger partial charge is 0.103 e. The van der Waals surface area contributed by atoms with E-state index in [-0.39, 0.29) is 0 Å². The maximum absolute atomic E-state index is 5.59. The van der Waals surface area contributed by atoms with Crippen molar-refractivity contribution in [2.24, 2.45) is 4.99 Å². The molecule has 0 aliphatic heterocycles. The van der Waals surface area contributed by atoms with Crippen molar-refractivity contribution < 1.29 is 0 Å². The largest absolute Gasteiger partial charge is 0.249 e. The summed E-state index contributed by atoms with van der Waals surface area (Å²) < 4.78 is 0. The molecule has 0 unspecified atom stereocenters. The third-order valence-electron chi connectivity index (χ3n) is 1.73. The van der Waals surface area contributed by atoms with Gasteiger partial charge in [0.1, 0.15) is 5.17 Å². The molecule has 1 nitrogen and oxygen atoms in total. The van der Waals surface area contributed by atoms with E-state index in [1.807, 2.05) is 26.8 Å². The van der Waals surface area contributed by atoms with E-state index in [9.17, 15) is 0 Å². The maximum Gasteiger partial charge on any atom is 0.103 e. The Morgan fingerprint density at radius 2 is 1.93 bits per heavy atom. The quantitative estimate of drug-likeness (QED) is 0.447. The molecule has 15 heavy (non-hydrogen) atoms. The van der Waals surface area contributed by atoms with Gasteiger partial charge in [0.05, 0.1) is 0 Å². The van der Waals surface area contributed by atoms with Crippen LogP contribution < -0.4 is 0 Å². The third-order valence-corrected chi connectivity index (χ3v) is 1.83. The van der Waals surface area contributed by atoms with Crippen molar-refractivity contribution >= 4 is 16.8 Å². The summed E-state index contributed by atoms with van der Waals surface area (Å²) in [6, 6.07) is 0. The Kier molecular flexibility index (Phi) is 15.1. The predicted octanol–water partition coefficient (Wildman–Crippen LogP) is 5.32. The molecule has 0 heterocycles. The van der Waals surface area contributed by atoms with E-state index >= 15 is 0 Å². The van der Waals surface area contributed by atoms with E-state index < -0.39 is 0 Å². The molecular formula is C13H24ClN. The van der Waals surface area contributed by atoms with E-state index in [1.165, 1.54) is 18.4 Å². The lowest BCUT2D eigenvalue weighted by atomic mass is 10.1. The van der Waals surface area contributed by atoms with Crippen LogP contribution in [0, 0.1) is 0 Å². The molecule has 0 spiro atoms. The van der Waals surface area contributed by atoms with Gasteiger partial charge in [-0.25, -0.2) is 4.99 Å². The first-order valence-corrected chi connectivity index (χ1v) is 6.10. The van der Waals surface area contributed by atoms with Crippen molar-refractivity contribution in [1.29, 1.82) is 0 Å². The van der Waals surface area contributed by atoms with Gasteiger partial charge in [0.25, 0.3) is 0 Å². The van der Waals surface area contributed by atoms with Gasteiger partial charge in [-0.2, -0.15) is 0 Å². The zero-order chi connectivity index (χ0) is 12.1. The van der Waals surface area contributed by atoms with Crippen molar-refractivity contribution in [3.8, 4) is 0 Å². The van der Waals surface area contributed by atoms with Crippen LogP contribution in [0.25, 0.3) is 0 Å². The molecule has 0 aromatic heterocycles. The highest BCUT2D eigenvalue weighted by Crippen LogP contribution is 2.08. The van der Waals surface area contributed by atoms with Gasteiger partial charge in [0, 0.05) is 6.20 Å². The van der Waals surface area contributed by atoms with Crippen LogP contribution in [0.5, 0.6) is 0 Å². The van der Waals surface area contributed by atoms with Crippen LogP contribution in [0.3, 0.4) is 0 Å². The van der Waals surface area contributed by atoms with Gasteiger partial charge in [-0.1, -0.05) is 50.4 Å². The highest BCUT2D eigenvalue weighted by Gasteiger charge is 1.89. The maximum atomic E-state index is 5.59. The Morgan fingerprint density at radius 1 is 1.33 bits per heavy atom. The Balaban J connectivity index is 0. The number of halogens is 1. The topological polar surface area (TPSA) is 12.4 Å². The number of hydrogen-bond donors (Lipinski definition) is 0. The van der Waals surface area contributed by atoms with Crippen LogP contribution in [0.15, 0.2) is 28.9 Å². The minimum absolute atomic E-state index is 0.571. The predicted molar refractivity (Wildman–Crippen MR) is 72.7 cm³/mol. The van der Waals surface area contributed by atoms with Crippen LogP contribution in [0.1, 0.15) is 53.9 Å². The van der Waals surface area contributed by atoms with Crippen molar-refractivity contribution in [3.63, 3.8) is 0 Å². The summed E-state index contributed by atoms with van der Waals surface area (Å²) in [5.41, 5.74) is 1.32. The first-order chi connectivity index (χ1) is 7.20. The van der Waals surface area contributed by atoms with Crippen molar-refractivity contribution in [1.82, 2.24) is 0 Å². The minimum atomic E-state index is 0.571. The molecule has 0 bridgehead atoms. The normalized spacial score (nSPS) is 12.7. The number of rotatable bonds is 5. The number of hydrogen-bond acceptors (Lipinski definition) is 1. The number of aliphatic imine (C=N–C) groups is 1. The zero-order valence-corrected chi connectivity index (χ0v) is 11.4. The number of unbranched alkanes of at least 4 members (excludes halogenated alkanes) is 1. The molecule has 0 aromatic carbocycles. The summed E-state index contributed by atoms with van der Waals surface area (Å²) in [7, 11) is 0. The summed E-state index contributed by atoms with van der Waals surface area (Å²) in [6.45, 7) is 10.0. The molecule has 0 aromatic rings. The molecular weight excluding hydrogens is 206 g/mol. The summed E-state index contributed by atoms with van der Waals surface area (Å²) in [5, 5.41) is 0.571. The Hall–Kier alpha value is -0.560. The summed E-state index contributed by atoms with van der Waals surface area (Å²) >= 11 is 5.59. The van der Waals surface area contributed by atoms with Crippen molar-refractivity contribution in [2.75, 3.05) is 0 Å². The standard InChI is InChI=1S/C11H18ClN.C2H6/c1-4-6-7-11(5-2)8-9-13-10(3)12;1-2/h5,8-9H,4,6-7H2,1-3H3;1-2H3/b9-8-,11-5-,13-10?;. The first-order valence-electron chi connectivity index (χ1n) is 5.72. The average Bonchev–Trinajstić information content (AvgIpc) is 2.25. The van der Waals surface area contributed by atoms with E-state index in [1.54, 1.807) is 13.1 Å². The van der Waals surface area contributed by atoms with Gasteiger partial charge in [0.2, 0.25) is 0 Å². The lowest BCUT2D eigenvalue weighted by molar-refractivity contribution is 0.797. The Labute approximate surface area is 99.9 Å².